The van der Waals surface area contributed by atoms with Crippen LogP contribution in [0.25, 0.3) is 0 Å². The Labute approximate surface area is 109 Å². The summed E-state index contributed by atoms with van der Waals surface area (Å²) in [4.78, 5) is 11.8. The highest BCUT2D eigenvalue weighted by Crippen LogP contribution is 2.23. The average molecular weight is 303 g/mol. The first kappa shape index (κ1) is 14.3. The molecule has 0 amide bonds. The molecule has 0 spiro atoms. The molecule has 1 atom stereocenters. The molecule has 1 rings (SSSR count). The van der Waals surface area contributed by atoms with Gasteiger partial charge >= 0.3 is 0 Å². The summed E-state index contributed by atoms with van der Waals surface area (Å²) in [6.45, 7) is 5.40. The van der Waals surface area contributed by atoms with Crippen molar-refractivity contribution in [1.82, 2.24) is 0 Å². The van der Waals surface area contributed by atoms with Gasteiger partial charge in [-0.3, -0.25) is 4.79 Å². The summed E-state index contributed by atoms with van der Waals surface area (Å²) in [5.74, 6) is -0.616. The van der Waals surface area contributed by atoms with Crippen LogP contribution >= 0.6 is 15.9 Å². The number of ketones is 1. The molecule has 0 saturated carbocycles. The fraction of sp³-hybridized carbons (Fsp3) is 0.462. The Bertz CT molecular complexity index is 424. The maximum absolute atomic E-state index is 12.9. The highest BCUT2D eigenvalue weighted by atomic mass is 79.9. The minimum Gasteiger partial charge on any atom is -0.385 e. The van der Waals surface area contributed by atoms with Crippen molar-refractivity contribution in [3.05, 3.63) is 34.1 Å². The van der Waals surface area contributed by atoms with Gasteiger partial charge in [0.2, 0.25) is 0 Å². The molecule has 0 aliphatic rings. The Morgan fingerprint density at radius 1 is 1.47 bits per heavy atom. The number of aliphatic hydroxyl groups excluding tert-OH is 1. The SMILES string of the molecule is CC(C)(C)C(O)C(=O)Cc1ccc(F)cc1Br. The van der Waals surface area contributed by atoms with Crippen molar-refractivity contribution in [1.29, 1.82) is 0 Å². The van der Waals surface area contributed by atoms with Crippen LogP contribution < -0.4 is 0 Å². The first-order chi connectivity index (χ1) is 7.71. The van der Waals surface area contributed by atoms with Crippen LogP contribution in [0.2, 0.25) is 0 Å². The van der Waals surface area contributed by atoms with Gasteiger partial charge in [0, 0.05) is 10.9 Å². The van der Waals surface area contributed by atoms with Crippen molar-refractivity contribution < 1.29 is 14.3 Å². The molecule has 17 heavy (non-hydrogen) atoms. The van der Waals surface area contributed by atoms with E-state index in [0.29, 0.717) is 10.0 Å². The largest absolute Gasteiger partial charge is 0.385 e. The van der Waals surface area contributed by atoms with Gasteiger partial charge in [-0.15, -0.1) is 0 Å². The zero-order valence-electron chi connectivity index (χ0n) is 10.1. The Balaban J connectivity index is 2.82. The third-order valence-electron chi connectivity index (χ3n) is 2.51. The number of halogens is 2. The number of hydrogen-bond donors (Lipinski definition) is 1. The molecule has 0 aromatic heterocycles. The number of benzene rings is 1. The first-order valence-corrected chi connectivity index (χ1v) is 6.16. The minimum atomic E-state index is -1.01. The second kappa shape index (κ2) is 5.27. The fourth-order valence-corrected chi connectivity index (χ4v) is 1.92. The van der Waals surface area contributed by atoms with Gasteiger partial charge < -0.3 is 5.11 Å². The van der Waals surface area contributed by atoms with E-state index in [2.05, 4.69) is 15.9 Å². The number of carbonyl (C=O) groups excluding carboxylic acids is 1. The van der Waals surface area contributed by atoms with E-state index in [1.54, 1.807) is 26.8 Å². The second-order valence-electron chi connectivity index (χ2n) is 5.15. The number of Topliss-reactive ketones (excluding diaryl/α,β-unsaturated/α-hetero) is 1. The van der Waals surface area contributed by atoms with Gasteiger partial charge in [-0.25, -0.2) is 4.39 Å². The van der Waals surface area contributed by atoms with E-state index >= 15 is 0 Å². The van der Waals surface area contributed by atoms with Crippen LogP contribution in [0, 0.1) is 11.2 Å². The normalized spacial score (nSPS) is 13.5. The van der Waals surface area contributed by atoms with Crippen LogP contribution in [0.1, 0.15) is 26.3 Å². The van der Waals surface area contributed by atoms with Crippen molar-refractivity contribution in [3.8, 4) is 0 Å². The van der Waals surface area contributed by atoms with E-state index in [9.17, 15) is 14.3 Å². The Morgan fingerprint density at radius 3 is 2.53 bits per heavy atom. The summed E-state index contributed by atoms with van der Waals surface area (Å²) in [7, 11) is 0. The minimum absolute atomic E-state index is 0.0965. The highest BCUT2D eigenvalue weighted by Gasteiger charge is 2.28. The Morgan fingerprint density at radius 2 is 2.06 bits per heavy atom. The topological polar surface area (TPSA) is 37.3 Å². The summed E-state index contributed by atoms with van der Waals surface area (Å²) in [5, 5.41) is 9.82. The number of rotatable bonds is 3. The molecule has 0 aliphatic heterocycles. The van der Waals surface area contributed by atoms with Gasteiger partial charge in [-0.2, -0.15) is 0 Å². The van der Waals surface area contributed by atoms with Crippen LogP contribution in [-0.2, 0) is 11.2 Å². The lowest BCUT2D eigenvalue weighted by atomic mass is 9.85. The summed E-state index contributed by atoms with van der Waals surface area (Å²) in [6, 6.07) is 4.16. The van der Waals surface area contributed by atoms with Gasteiger partial charge in [0.1, 0.15) is 11.9 Å². The third kappa shape index (κ3) is 3.89. The molecule has 1 N–H and O–H groups in total. The monoisotopic (exact) mass is 302 g/mol. The summed E-state index contributed by atoms with van der Waals surface area (Å²) in [6.07, 6.45) is -0.918. The molecule has 1 unspecified atom stereocenters. The van der Waals surface area contributed by atoms with Gasteiger partial charge in [-0.05, 0) is 23.1 Å². The van der Waals surface area contributed by atoms with E-state index in [1.165, 1.54) is 12.1 Å². The zero-order chi connectivity index (χ0) is 13.2. The molecule has 0 bridgehead atoms. The van der Waals surface area contributed by atoms with E-state index in [4.69, 9.17) is 0 Å². The van der Waals surface area contributed by atoms with Crippen molar-refractivity contribution in [2.24, 2.45) is 5.41 Å². The highest BCUT2D eigenvalue weighted by molar-refractivity contribution is 9.10. The lowest BCUT2D eigenvalue weighted by Gasteiger charge is -2.24. The lowest BCUT2D eigenvalue weighted by molar-refractivity contribution is -0.131. The van der Waals surface area contributed by atoms with E-state index < -0.39 is 11.5 Å². The van der Waals surface area contributed by atoms with E-state index in [1.807, 2.05) is 0 Å². The van der Waals surface area contributed by atoms with Crippen LogP contribution in [0.15, 0.2) is 22.7 Å². The summed E-state index contributed by atoms with van der Waals surface area (Å²) >= 11 is 3.20. The first-order valence-electron chi connectivity index (χ1n) is 5.36. The van der Waals surface area contributed by atoms with Gasteiger partial charge in [-0.1, -0.05) is 42.8 Å². The molecule has 0 saturated heterocycles. The van der Waals surface area contributed by atoms with Crippen LogP contribution in [0.3, 0.4) is 0 Å². The zero-order valence-corrected chi connectivity index (χ0v) is 11.7. The smallest absolute Gasteiger partial charge is 0.166 e. The van der Waals surface area contributed by atoms with E-state index in [0.717, 1.165) is 0 Å². The third-order valence-corrected chi connectivity index (χ3v) is 3.24. The predicted octanol–water partition coefficient (Wildman–Crippen LogP) is 3.11. The average Bonchev–Trinajstić information content (AvgIpc) is 2.19. The molecule has 4 heteroatoms. The lowest BCUT2D eigenvalue weighted by Crippen LogP contribution is -2.35. The van der Waals surface area contributed by atoms with Crippen molar-refractivity contribution in [3.63, 3.8) is 0 Å². The molecule has 0 aliphatic carbocycles. The van der Waals surface area contributed by atoms with E-state index in [-0.39, 0.29) is 18.0 Å². The van der Waals surface area contributed by atoms with Gasteiger partial charge in [0.25, 0.3) is 0 Å². The van der Waals surface area contributed by atoms with Crippen molar-refractivity contribution >= 4 is 21.7 Å². The summed E-state index contributed by atoms with van der Waals surface area (Å²) < 4.78 is 13.4. The molecule has 0 radical (unpaired) electrons. The van der Waals surface area contributed by atoms with Gasteiger partial charge in [0.05, 0.1) is 0 Å². The maximum Gasteiger partial charge on any atom is 0.166 e. The Hall–Kier alpha value is -0.740. The van der Waals surface area contributed by atoms with Crippen LogP contribution in [-0.4, -0.2) is 17.0 Å². The molecular weight excluding hydrogens is 287 g/mol. The molecule has 94 valence electrons. The maximum atomic E-state index is 12.9. The number of aliphatic hydroxyl groups is 1. The molecule has 0 fully saturated rings. The van der Waals surface area contributed by atoms with Crippen molar-refractivity contribution in [2.75, 3.05) is 0 Å². The number of hydrogen-bond acceptors (Lipinski definition) is 2. The van der Waals surface area contributed by atoms with Crippen LogP contribution in [0.5, 0.6) is 0 Å². The molecule has 1 aromatic carbocycles. The fourth-order valence-electron chi connectivity index (χ4n) is 1.43. The standard InChI is InChI=1S/C13H16BrFO2/c1-13(2,3)12(17)11(16)6-8-4-5-9(15)7-10(8)14/h4-5,7,12,17H,6H2,1-3H3. The van der Waals surface area contributed by atoms with Crippen LogP contribution in [0.4, 0.5) is 4.39 Å². The number of carbonyl (C=O) groups is 1. The molecule has 2 nitrogen and oxygen atoms in total. The quantitative estimate of drug-likeness (QED) is 0.931. The predicted molar refractivity (Wildman–Crippen MR) is 68.3 cm³/mol. The summed E-state index contributed by atoms with van der Waals surface area (Å²) in [5.41, 5.74) is 0.198. The van der Waals surface area contributed by atoms with Crippen molar-refractivity contribution in [2.45, 2.75) is 33.3 Å². The molecule has 0 heterocycles. The Kier molecular flexibility index (Phi) is 4.44. The molecular formula is C13H16BrFO2. The molecule has 1 aromatic rings. The second-order valence-corrected chi connectivity index (χ2v) is 6.00. The van der Waals surface area contributed by atoms with Gasteiger partial charge in [0.15, 0.2) is 5.78 Å².